The molecule has 0 radical (unpaired) electrons. The number of nitrogens with zero attached hydrogens (tertiary/aromatic N) is 2. The summed E-state index contributed by atoms with van der Waals surface area (Å²) < 4.78 is 19.6. The van der Waals surface area contributed by atoms with E-state index < -0.39 is 17.9 Å². The van der Waals surface area contributed by atoms with Gasteiger partial charge in [0.2, 0.25) is 0 Å². The highest BCUT2D eigenvalue weighted by Crippen LogP contribution is 2.31. The van der Waals surface area contributed by atoms with Gasteiger partial charge in [-0.05, 0) is 38.2 Å². The number of halogens is 1. The second-order valence-electron chi connectivity index (χ2n) is 6.52. The molecular formula is C21H23FN6O3. The number of aromatic nitrogens is 1. The molecule has 1 heterocycles. The van der Waals surface area contributed by atoms with Crippen molar-refractivity contribution in [3.8, 4) is 11.8 Å². The zero-order chi connectivity index (χ0) is 23.1. The van der Waals surface area contributed by atoms with Crippen LogP contribution < -0.4 is 21.1 Å². The Bertz CT molecular complexity index is 1080. The van der Waals surface area contributed by atoms with E-state index in [1.54, 1.807) is 21.0 Å². The summed E-state index contributed by atoms with van der Waals surface area (Å²) in [6, 6.07) is 6.82. The number of hydrogen-bond acceptors (Lipinski definition) is 8. The van der Waals surface area contributed by atoms with Gasteiger partial charge in [0.1, 0.15) is 23.7 Å². The standard InChI is InChI=1S/C21H23FN6O3/c1-11(15-7-13(22)4-5-14(15)21(29)30)31-18-6-12(9-28-20(18)25)19(16(24)10-26-2)17(8-23)27-3/h4-7,9,11,24,26-27H,10H2,1-3H3,(H2,25,28)(H,29,30)/b19-17-,24-16?/t11-/m1/s1. The number of rotatable bonds is 9. The average molecular weight is 426 g/mol. The number of benzene rings is 1. The third-order valence-electron chi connectivity index (χ3n) is 4.42. The van der Waals surface area contributed by atoms with E-state index in [4.69, 9.17) is 15.9 Å². The maximum atomic E-state index is 13.7. The summed E-state index contributed by atoms with van der Waals surface area (Å²) in [6.07, 6.45) is 0.538. The van der Waals surface area contributed by atoms with Crippen LogP contribution in [-0.2, 0) is 0 Å². The molecule has 0 aliphatic heterocycles. The van der Waals surface area contributed by atoms with E-state index >= 15 is 0 Å². The van der Waals surface area contributed by atoms with Crippen LogP contribution in [0.1, 0.15) is 34.5 Å². The Morgan fingerprint density at radius 2 is 2.13 bits per heavy atom. The first-order valence-electron chi connectivity index (χ1n) is 9.23. The van der Waals surface area contributed by atoms with Gasteiger partial charge in [-0.2, -0.15) is 5.26 Å². The summed E-state index contributed by atoms with van der Waals surface area (Å²) in [5.41, 5.74) is 6.96. The number of carboxylic acids is 1. The number of nitrogens with two attached hydrogens (primary N) is 1. The molecule has 9 nitrogen and oxygen atoms in total. The van der Waals surface area contributed by atoms with Crippen molar-refractivity contribution in [3.05, 3.63) is 58.7 Å². The topological polar surface area (TPSA) is 157 Å². The summed E-state index contributed by atoms with van der Waals surface area (Å²) in [4.78, 5) is 15.6. The van der Waals surface area contributed by atoms with Gasteiger partial charge in [-0.1, -0.05) is 0 Å². The van der Waals surface area contributed by atoms with E-state index in [1.165, 1.54) is 12.3 Å². The summed E-state index contributed by atoms with van der Waals surface area (Å²) in [5.74, 6) is -1.70. The van der Waals surface area contributed by atoms with E-state index in [1.807, 2.05) is 6.07 Å². The molecular weight excluding hydrogens is 403 g/mol. The third-order valence-corrected chi connectivity index (χ3v) is 4.42. The number of allylic oxidation sites excluding steroid dienone is 1. The molecule has 1 aromatic heterocycles. The molecule has 1 atom stereocenters. The molecule has 0 saturated heterocycles. The van der Waals surface area contributed by atoms with Crippen molar-refractivity contribution in [2.75, 3.05) is 26.4 Å². The zero-order valence-corrected chi connectivity index (χ0v) is 17.3. The molecule has 0 spiro atoms. The monoisotopic (exact) mass is 426 g/mol. The number of pyridine rings is 1. The normalized spacial score (nSPS) is 12.4. The van der Waals surface area contributed by atoms with Crippen molar-refractivity contribution in [2.45, 2.75) is 13.0 Å². The number of carbonyl (C=O) groups is 1. The minimum atomic E-state index is -1.22. The highest BCUT2D eigenvalue weighted by Gasteiger charge is 2.21. The molecule has 0 unspecified atom stereocenters. The van der Waals surface area contributed by atoms with Crippen LogP contribution in [0.15, 0.2) is 36.2 Å². The first kappa shape index (κ1) is 23.3. The molecule has 6 N–H and O–H groups in total. The van der Waals surface area contributed by atoms with E-state index in [9.17, 15) is 19.6 Å². The second-order valence-corrected chi connectivity index (χ2v) is 6.52. The number of nitrogen functional groups attached to an aromatic ring is 1. The highest BCUT2D eigenvalue weighted by atomic mass is 19.1. The summed E-state index contributed by atoms with van der Waals surface area (Å²) in [6.45, 7) is 1.76. The van der Waals surface area contributed by atoms with Crippen LogP contribution in [0.2, 0.25) is 0 Å². The van der Waals surface area contributed by atoms with Crippen molar-refractivity contribution in [1.29, 1.82) is 10.7 Å². The van der Waals surface area contributed by atoms with Gasteiger partial charge in [0, 0.05) is 36.5 Å². The molecule has 0 saturated carbocycles. The van der Waals surface area contributed by atoms with Crippen LogP contribution in [0.4, 0.5) is 10.2 Å². The van der Waals surface area contributed by atoms with Gasteiger partial charge in [0.05, 0.1) is 11.3 Å². The lowest BCUT2D eigenvalue weighted by Gasteiger charge is -2.19. The quantitative estimate of drug-likeness (QED) is 0.302. The van der Waals surface area contributed by atoms with Crippen LogP contribution in [0.5, 0.6) is 5.75 Å². The maximum Gasteiger partial charge on any atom is 0.336 e. The predicted octanol–water partition coefficient (Wildman–Crippen LogP) is 2.33. The molecule has 0 aliphatic rings. The fraction of sp³-hybridized carbons (Fsp3) is 0.238. The van der Waals surface area contributed by atoms with Crippen molar-refractivity contribution in [3.63, 3.8) is 0 Å². The summed E-state index contributed by atoms with van der Waals surface area (Å²) in [5, 5.41) is 32.7. The van der Waals surface area contributed by atoms with E-state index in [2.05, 4.69) is 15.6 Å². The lowest BCUT2D eigenvalue weighted by atomic mass is 10.00. The molecule has 0 fully saturated rings. The molecule has 10 heteroatoms. The molecule has 0 amide bonds. The Morgan fingerprint density at radius 3 is 2.71 bits per heavy atom. The van der Waals surface area contributed by atoms with E-state index in [0.717, 1.165) is 18.2 Å². The fourth-order valence-corrected chi connectivity index (χ4v) is 2.98. The Kier molecular flexibility index (Phi) is 7.65. The minimum absolute atomic E-state index is 0.0198. The molecule has 0 aliphatic carbocycles. The molecule has 2 aromatic rings. The molecule has 31 heavy (non-hydrogen) atoms. The fourth-order valence-electron chi connectivity index (χ4n) is 2.98. The Morgan fingerprint density at radius 1 is 1.42 bits per heavy atom. The zero-order valence-electron chi connectivity index (χ0n) is 17.3. The average Bonchev–Trinajstić information content (AvgIpc) is 2.73. The second kappa shape index (κ2) is 10.2. The van der Waals surface area contributed by atoms with Gasteiger partial charge >= 0.3 is 5.97 Å². The minimum Gasteiger partial charge on any atom is -0.482 e. The molecule has 162 valence electrons. The van der Waals surface area contributed by atoms with Crippen LogP contribution in [0.3, 0.4) is 0 Å². The lowest BCUT2D eigenvalue weighted by molar-refractivity contribution is 0.0691. The summed E-state index contributed by atoms with van der Waals surface area (Å²) >= 11 is 0. The van der Waals surface area contributed by atoms with Gasteiger partial charge in [-0.3, -0.25) is 0 Å². The van der Waals surface area contributed by atoms with E-state index in [-0.39, 0.29) is 40.6 Å². The first-order valence-corrected chi connectivity index (χ1v) is 9.23. The molecule has 1 aromatic carbocycles. The number of anilines is 1. The van der Waals surface area contributed by atoms with Gasteiger partial charge in [-0.15, -0.1) is 0 Å². The van der Waals surface area contributed by atoms with Crippen molar-refractivity contribution >= 4 is 23.1 Å². The molecule has 0 bridgehead atoms. The third kappa shape index (κ3) is 5.34. The van der Waals surface area contributed by atoms with Crippen molar-refractivity contribution < 1.29 is 19.0 Å². The maximum absolute atomic E-state index is 13.7. The van der Waals surface area contributed by atoms with Gasteiger partial charge < -0.3 is 31.6 Å². The number of hydrogen-bond donors (Lipinski definition) is 5. The smallest absolute Gasteiger partial charge is 0.336 e. The van der Waals surface area contributed by atoms with E-state index in [0.29, 0.717) is 11.1 Å². The Balaban J connectivity index is 2.51. The van der Waals surface area contributed by atoms with Gasteiger partial charge in [0.15, 0.2) is 11.6 Å². The Hall–Kier alpha value is -3.97. The van der Waals surface area contributed by atoms with Crippen molar-refractivity contribution in [2.24, 2.45) is 0 Å². The first-order chi connectivity index (χ1) is 14.7. The van der Waals surface area contributed by atoms with Crippen LogP contribution in [-0.4, -0.2) is 42.4 Å². The summed E-state index contributed by atoms with van der Waals surface area (Å²) in [7, 11) is 3.24. The van der Waals surface area contributed by atoms with Crippen LogP contribution in [0.25, 0.3) is 5.57 Å². The van der Waals surface area contributed by atoms with Crippen LogP contribution in [0, 0.1) is 22.6 Å². The highest BCUT2D eigenvalue weighted by molar-refractivity contribution is 6.24. The number of nitriles is 1. The molecule has 2 rings (SSSR count). The largest absolute Gasteiger partial charge is 0.482 e. The number of nitrogens with one attached hydrogen (secondary N) is 3. The SMILES string of the molecule is CNCC(=N)/C(=C(/C#N)NC)c1cnc(N)c(O[C@H](C)c2cc(F)ccc2C(=O)O)c1. The van der Waals surface area contributed by atoms with Gasteiger partial charge in [-0.25, -0.2) is 14.2 Å². The van der Waals surface area contributed by atoms with Crippen molar-refractivity contribution in [1.82, 2.24) is 15.6 Å². The number of ether oxygens (including phenoxy) is 1. The predicted molar refractivity (Wildman–Crippen MR) is 114 cm³/mol. The van der Waals surface area contributed by atoms with Gasteiger partial charge in [0.25, 0.3) is 0 Å². The van der Waals surface area contributed by atoms with Crippen LogP contribution >= 0.6 is 0 Å². The Labute approximate surface area is 178 Å². The lowest BCUT2D eigenvalue weighted by Crippen LogP contribution is -2.22. The number of aromatic carboxylic acids is 1. The number of carboxylic acid groups (broad SMARTS) is 1.